The van der Waals surface area contributed by atoms with Crippen molar-refractivity contribution in [3.05, 3.63) is 29.6 Å². The second-order valence-electron chi connectivity index (χ2n) is 6.35. The Bertz CT molecular complexity index is 505. The molecule has 2 saturated heterocycles. The standard InChI is InChI=1S/C17H25FN2O2/c1-13-12-22-14(11-21)9-20(13)10-15-16(18)5-4-6-17(15)19-7-2-3-8-19/h4-6,13-14,21H,2-3,7-12H2,1H3/t13-,14-/m1/s1. The number of hydrogen-bond donors (Lipinski definition) is 1. The molecule has 122 valence electrons. The van der Waals surface area contributed by atoms with Gasteiger partial charge in [0, 0.05) is 43.5 Å². The van der Waals surface area contributed by atoms with Crippen molar-refractivity contribution in [2.24, 2.45) is 0 Å². The maximum Gasteiger partial charge on any atom is 0.129 e. The van der Waals surface area contributed by atoms with Crippen molar-refractivity contribution in [1.29, 1.82) is 0 Å². The van der Waals surface area contributed by atoms with Crippen LogP contribution in [-0.4, -0.2) is 55.0 Å². The highest BCUT2D eigenvalue weighted by Crippen LogP contribution is 2.29. The van der Waals surface area contributed by atoms with Crippen LogP contribution < -0.4 is 4.90 Å². The Hall–Kier alpha value is -1.17. The zero-order valence-electron chi connectivity index (χ0n) is 13.2. The Morgan fingerprint density at radius 2 is 2.09 bits per heavy atom. The summed E-state index contributed by atoms with van der Waals surface area (Å²) in [4.78, 5) is 4.50. The molecule has 22 heavy (non-hydrogen) atoms. The summed E-state index contributed by atoms with van der Waals surface area (Å²) in [5.41, 5.74) is 1.80. The summed E-state index contributed by atoms with van der Waals surface area (Å²) >= 11 is 0. The Kier molecular flexibility index (Phi) is 4.96. The van der Waals surface area contributed by atoms with E-state index in [1.165, 1.54) is 12.8 Å². The average molecular weight is 308 g/mol. The molecule has 1 N–H and O–H groups in total. The molecule has 2 aliphatic heterocycles. The van der Waals surface area contributed by atoms with Gasteiger partial charge in [0.2, 0.25) is 0 Å². The van der Waals surface area contributed by atoms with Crippen molar-refractivity contribution in [2.45, 2.75) is 38.5 Å². The molecule has 3 rings (SSSR count). The summed E-state index contributed by atoms with van der Waals surface area (Å²) in [6.45, 7) is 5.91. The maximum atomic E-state index is 14.4. The molecule has 1 aromatic rings. The number of aliphatic hydroxyl groups excluding tert-OH is 1. The lowest BCUT2D eigenvalue weighted by Gasteiger charge is -2.38. The molecule has 0 radical (unpaired) electrons. The molecule has 0 aromatic heterocycles. The SMILES string of the molecule is C[C@@H]1CO[C@@H](CO)CN1Cc1c(F)cccc1N1CCCC1. The molecule has 4 nitrogen and oxygen atoms in total. The van der Waals surface area contributed by atoms with Gasteiger partial charge >= 0.3 is 0 Å². The quantitative estimate of drug-likeness (QED) is 0.923. The van der Waals surface area contributed by atoms with Gasteiger partial charge in [0.25, 0.3) is 0 Å². The zero-order chi connectivity index (χ0) is 15.5. The van der Waals surface area contributed by atoms with Crippen molar-refractivity contribution in [1.82, 2.24) is 4.90 Å². The summed E-state index contributed by atoms with van der Waals surface area (Å²) in [7, 11) is 0. The van der Waals surface area contributed by atoms with Gasteiger partial charge in [-0.15, -0.1) is 0 Å². The van der Waals surface area contributed by atoms with Gasteiger partial charge in [-0.3, -0.25) is 4.90 Å². The van der Waals surface area contributed by atoms with E-state index in [9.17, 15) is 9.50 Å². The highest BCUT2D eigenvalue weighted by atomic mass is 19.1. The molecule has 2 atom stereocenters. The number of halogens is 1. The van der Waals surface area contributed by atoms with E-state index in [4.69, 9.17) is 4.74 Å². The highest BCUT2D eigenvalue weighted by molar-refractivity contribution is 5.54. The number of rotatable bonds is 4. The van der Waals surface area contributed by atoms with Gasteiger partial charge in [-0.2, -0.15) is 0 Å². The molecular weight excluding hydrogens is 283 g/mol. The van der Waals surface area contributed by atoms with Gasteiger partial charge in [-0.1, -0.05) is 6.07 Å². The first-order chi connectivity index (χ1) is 10.7. The number of morpholine rings is 1. The molecule has 0 bridgehead atoms. The molecule has 2 fully saturated rings. The number of aliphatic hydroxyl groups is 1. The van der Waals surface area contributed by atoms with Crippen LogP contribution in [0, 0.1) is 5.82 Å². The lowest BCUT2D eigenvalue weighted by molar-refractivity contribution is -0.0807. The van der Waals surface area contributed by atoms with Crippen molar-refractivity contribution in [3.8, 4) is 0 Å². The summed E-state index contributed by atoms with van der Waals surface area (Å²) in [6, 6.07) is 5.60. The number of hydrogen-bond acceptors (Lipinski definition) is 4. The van der Waals surface area contributed by atoms with Gasteiger partial charge in [0.05, 0.1) is 19.3 Å². The van der Waals surface area contributed by atoms with E-state index in [-0.39, 0.29) is 24.6 Å². The Morgan fingerprint density at radius 3 is 2.82 bits per heavy atom. The molecule has 2 heterocycles. The molecule has 2 aliphatic rings. The predicted molar refractivity (Wildman–Crippen MR) is 84.5 cm³/mol. The lowest BCUT2D eigenvalue weighted by atomic mass is 10.1. The van der Waals surface area contributed by atoms with Gasteiger partial charge in [0.15, 0.2) is 0 Å². The van der Waals surface area contributed by atoms with E-state index in [0.717, 1.165) is 24.3 Å². The molecule has 0 aliphatic carbocycles. The second kappa shape index (κ2) is 6.94. The molecule has 5 heteroatoms. The van der Waals surface area contributed by atoms with Crippen molar-refractivity contribution >= 4 is 5.69 Å². The van der Waals surface area contributed by atoms with Gasteiger partial charge in [-0.25, -0.2) is 4.39 Å². The van der Waals surface area contributed by atoms with Crippen LogP contribution in [0.5, 0.6) is 0 Å². The minimum atomic E-state index is -0.168. The lowest BCUT2D eigenvalue weighted by Crippen LogP contribution is -2.49. The van der Waals surface area contributed by atoms with Crippen LogP contribution in [-0.2, 0) is 11.3 Å². The number of ether oxygens (including phenoxy) is 1. The van der Waals surface area contributed by atoms with Crippen LogP contribution in [0.4, 0.5) is 10.1 Å². The fourth-order valence-electron chi connectivity index (χ4n) is 3.37. The number of anilines is 1. The van der Waals surface area contributed by atoms with Gasteiger partial charge in [-0.05, 0) is 31.9 Å². The monoisotopic (exact) mass is 308 g/mol. The Balaban J connectivity index is 1.81. The molecule has 0 unspecified atom stereocenters. The van der Waals surface area contributed by atoms with Crippen molar-refractivity contribution in [3.63, 3.8) is 0 Å². The predicted octanol–water partition coefficient (Wildman–Crippen LogP) is 2.01. The third kappa shape index (κ3) is 3.26. The molecule has 0 saturated carbocycles. The number of nitrogens with zero attached hydrogens (tertiary/aromatic N) is 2. The summed E-state index contributed by atoms with van der Waals surface area (Å²) in [5, 5.41) is 9.31. The molecule has 0 amide bonds. The molecular formula is C17H25FN2O2. The van der Waals surface area contributed by atoms with Crippen LogP contribution >= 0.6 is 0 Å². The van der Waals surface area contributed by atoms with Crippen molar-refractivity contribution in [2.75, 3.05) is 37.7 Å². The summed E-state index contributed by atoms with van der Waals surface area (Å²) < 4.78 is 20.0. The third-order valence-electron chi connectivity index (χ3n) is 4.74. The molecule has 0 spiro atoms. The van der Waals surface area contributed by atoms with E-state index < -0.39 is 0 Å². The van der Waals surface area contributed by atoms with Crippen LogP contribution in [0.25, 0.3) is 0 Å². The number of benzene rings is 1. The first-order valence-corrected chi connectivity index (χ1v) is 8.18. The minimum Gasteiger partial charge on any atom is -0.394 e. The smallest absolute Gasteiger partial charge is 0.129 e. The average Bonchev–Trinajstić information content (AvgIpc) is 3.05. The van der Waals surface area contributed by atoms with Crippen molar-refractivity contribution < 1.29 is 14.2 Å². The first kappa shape index (κ1) is 15.7. The third-order valence-corrected chi connectivity index (χ3v) is 4.74. The maximum absolute atomic E-state index is 14.4. The van der Waals surface area contributed by atoms with Gasteiger partial charge < -0.3 is 14.7 Å². The fourth-order valence-corrected chi connectivity index (χ4v) is 3.37. The fraction of sp³-hybridized carbons (Fsp3) is 0.647. The topological polar surface area (TPSA) is 35.9 Å². The van der Waals surface area contributed by atoms with Crippen LogP contribution in [0.2, 0.25) is 0 Å². The first-order valence-electron chi connectivity index (χ1n) is 8.18. The zero-order valence-corrected chi connectivity index (χ0v) is 13.2. The van der Waals surface area contributed by atoms with E-state index in [0.29, 0.717) is 19.7 Å². The van der Waals surface area contributed by atoms with Crippen LogP contribution in [0.15, 0.2) is 18.2 Å². The van der Waals surface area contributed by atoms with E-state index >= 15 is 0 Å². The van der Waals surface area contributed by atoms with Gasteiger partial charge in [0.1, 0.15) is 5.82 Å². The van der Waals surface area contributed by atoms with E-state index in [1.54, 1.807) is 12.1 Å². The largest absolute Gasteiger partial charge is 0.394 e. The second-order valence-corrected chi connectivity index (χ2v) is 6.35. The normalized spacial score (nSPS) is 26.6. The van der Waals surface area contributed by atoms with E-state index in [1.807, 2.05) is 6.07 Å². The minimum absolute atomic E-state index is 0.0134. The Labute approximate surface area is 131 Å². The summed E-state index contributed by atoms with van der Waals surface area (Å²) in [5.74, 6) is -0.136. The Morgan fingerprint density at radius 1 is 1.32 bits per heavy atom. The van der Waals surface area contributed by atoms with Crippen LogP contribution in [0.3, 0.4) is 0 Å². The molecule has 1 aromatic carbocycles. The summed E-state index contributed by atoms with van der Waals surface area (Å²) in [6.07, 6.45) is 2.19. The van der Waals surface area contributed by atoms with E-state index in [2.05, 4.69) is 16.7 Å². The van der Waals surface area contributed by atoms with Crippen LogP contribution in [0.1, 0.15) is 25.3 Å². The highest BCUT2D eigenvalue weighted by Gasteiger charge is 2.28.